The largest absolute Gasteiger partial charge is 0.399 e. The number of hydrogen-bond donors (Lipinski definition) is 1. The second-order valence-corrected chi connectivity index (χ2v) is 6.09. The molecule has 0 aliphatic rings. The Kier molecular flexibility index (Phi) is 2.85. The molecule has 0 aliphatic carbocycles. The van der Waals surface area contributed by atoms with E-state index in [0.29, 0.717) is 0 Å². The van der Waals surface area contributed by atoms with Gasteiger partial charge in [0.25, 0.3) is 0 Å². The topological polar surface area (TPSA) is 26.0 Å². The van der Waals surface area contributed by atoms with Crippen LogP contribution >= 0.6 is 27.3 Å². The zero-order chi connectivity index (χ0) is 11.0. The molecule has 0 saturated carbocycles. The molecule has 0 atom stereocenters. The van der Waals surface area contributed by atoms with E-state index in [4.69, 9.17) is 5.73 Å². The van der Waals surface area contributed by atoms with Crippen LogP contribution in [-0.4, -0.2) is 0 Å². The highest BCUT2D eigenvalue weighted by Crippen LogP contribution is 2.34. The Morgan fingerprint density at radius 1 is 1.13 bits per heavy atom. The van der Waals surface area contributed by atoms with Gasteiger partial charge >= 0.3 is 0 Å². The maximum absolute atomic E-state index is 5.87. The van der Waals surface area contributed by atoms with Gasteiger partial charge in [-0.3, -0.25) is 0 Å². The molecule has 0 radical (unpaired) electrons. The van der Waals surface area contributed by atoms with Crippen molar-refractivity contribution in [2.75, 3.05) is 5.73 Å². The second-order valence-electron chi connectivity index (χ2n) is 3.63. The highest BCUT2D eigenvalue weighted by Gasteiger charge is 2.06. The Balaban J connectivity index is 2.58. The molecule has 0 fully saturated rings. The Bertz CT molecular complexity index is 502. The minimum Gasteiger partial charge on any atom is -0.399 e. The van der Waals surface area contributed by atoms with E-state index < -0.39 is 0 Å². The molecule has 2 aromatic rings. The number of thiophene rings is 1. The third kappa shape index (κ3) is 2.08. The number of hydrogen-bond acceptors (Lipinski definition) is 2. The van der Waals surface area contributed by atoms with Gasteiger partial charge in [-0.15, -0.1) is 11.3 Å². The van der Waals surface area contributed by atoms with Gasteiger partial charge < -0.3 is 5.73 Å². The van der Waals surface area contributed by atoms with Gasteiger partial charge in [0, 0.05) is 10.6 Å². The average Bonchev–Trinajstić information content (AvgIpc) is 2.58. The molecule has 1 nitrogen and oxygen atoms in total. The Hall–Kier alpha value is -0.800. The minimum atomic E-state index is 0.867. The normalized spacial score (nSPS) is 10.6. The summed E-state index contributed by atoms with van der Waals surface area (Å²) in [4.78, 5) is 1.28. The Labute approximate surface area is 102 Å². The van der Waals surface area contributed by atoms with Gasteiger partial charge in [-0.25, -0.2) is 0 Å². The molecule has 1 aromatic heterocycles. The zero-order valence-corrected chi connectivity index (χ0v) is 11.1. The Morgan fingerprint density at radius 2 is 1.87 bits per heavy atom. The highest BCUT2D eigenvalue weighted by atomic mass is 79.9. The summed E-state index contributed by atoms with van der Waals surface area (Å²) in [6, 6.07) is 8.40. The number of rotatable bonds is 1. The van der Waals surface area contributed by atoms with Crippen molar-refractivity contribution in [3.05, 3.63) is 39.2 Å². The van der Waals surface area contributed by atoms with E-state index in [1.807, 2.05) is 13.0 Å². The highest BCUT2D eigenvalue weighted by molar-refractivity contribution is 9.11. The lowest BCUT2D eigenvalue weighted by Gasteiger charge is -2.07. The summed E-state index contributed by atoms with van der Waals surface area (Å²) in [5, 5.41) is 0. The van der Waals surface area contributed by atoms with Crippen LogP contribution in [0.1, 0.15) is 11.1 Å². The summed E-state index contributed by atoms with van der Waals surface area (Å²) < 4.78 is 1.16. The van der Waals surface area contributed by atoms with Gasteiger partial charge in [-0.2, -0.15) is 0 Å². The van der Waals surface area contributed by atoms with Crippen molar-refractivity contribution in [2.45, 2.75) is 13.8 Å². The molecule has 0 unspecified atom stereocenters. The smallest absolute Gasteiger partial charge is 0.0705 e. The second kappa shape index (κ2) is 3.99. The predicted octanol–water partition coefficient (Wildman–Crippen LogP) is 4.38. The van der Waals surface area contributed by atoms with Crippen molar-refractivity contribution in [3.8, 4) is 10.4 Å². The molecule has 0 spiro atoms. The zero-order valence-electron chi connectivity index (χ0n) is 8.67. The molecule has 2 rings (SSSR count). The molecule has 1 aromatic carbocycles. The molecule has 0 amide bonds. The molecule has 0 saturated heterocycles. The number of halogens is 1. The number of anilines is 1. The Morgan fingerprint density at radius 3 is 2.47 bits per heavy atom. The lowest BCUT2D eigenvalue weighted by atomic mass is 10.0. The fourth-order valence-electron chi connectivity index (χ4n) is 1.56. The molecule has 2 N–H and O–H groups in total. The maximum atomic E-state index is 5.87. The molecule has 78 valence electrons. The molecule has 0 aliphatic heterocycles. The third-order valence-corrected chi connectivity index (χ3v) is 4.11. The first-order chi connectivity index (χ1) is 7.08. The first-order valence-electron chi connectivity index (χ1n) is 4.70. The quantitative estimate of drug-likeness (QED) is 0.772. The van der Waals surface area contributed by atoms with E-state index in [2.05, 4.69) is 41.1 Å². The molecule has 1 heterocycles. The van der Waals surface area contributed by atoms with Crippen LogP contribution in [0.15, 0.2) is 28.1 Å². The summed E-state index contributed by atoms with van der Waals surface area (Å²) in [5.74, 6) is 0. The van der Waals surface area contributed by atoms with Gasteiger partial charge in [-0.05, 0) is 70.7 Å². The van der Waals surface area contributed by atoms with Crippen LogP contribution in [0.5, 0.6) is 0 Å². The first-order valence-corrected chi connectivity index (χ1v) is 6.31. The first kappa shape index (κ1) is 10.7. The van der Waals surface area contributed by atoms with Crippen LogP contribution in [0.25, 0.3) is 10.4 Å². The summed E-state index contributed by atoms with van der Waals surface area (Å²) in [5.41, 5.74) is 10.4. The van der Waals surface area contributed by atoms with Crippen molar-refractivity contribution in [1.29, 1.82) is 0 Å². The van der Waals surface area contributed by atoms with Crippen molar-refractivity contribution in [3.63, 3.8) is 0 Å². The molecular formula is C12H12BrNS. The van der Waals surface area contributed by atoms with E-state index in [9.17, 15) is 0 Å². The molecule has 3 heteroatoms. The van der Waals surface area contributed by atoms with E-state index in [-0.39, 0.29) is 0 Å². The van der Waals surface area contributed by atoms with E-state index in [0.717, 1.165) is 15.0 Å². The van der Waals surface area contributed by atoms with Gasteiger partial charge in [0.15, 0.2) is 0 Å². The number of benzene rings is 1. The van der Waals surface area contributed by atoms with Crippen molar-refractivity contribution in [1.82, 2.24) is 0 Å². The van der Waals surface area contributed by atoms with E-state index in [1.165, 1.54) is 16.0 Å². The van der Waals surface area contributed by atoms with Crippen LogP contribution in [0.3, 0.4) is 0 Å². The number of aryl methyl sites for hydroxylation is 2. The van der Waals surface area contributed by atoms with Crippen LogP contribution in [0.4, 0.5) is 5.69 Å². The van der Waals surface area contributed by atoms with Gasteiger partial charge in [-0.1, -0.05) is 0 Å². The van der Waals surface area contributed by atoms with Crippen LogP contribution in [-0.2, 0) is 0 Å². The van der Waals surface area contributed by atoms with Gasteiger partial charge in [0.2, 0.25) is 0 Å². The lowest BCUT2D eigenvalue weighted by Crippen LogP contribution is -1.92. The molecule has 15 heavy (non-hydrogen) atoms. The number of nitrogens with two attached hydrogens (primary N) is 1. The van der Waals surface area contributed by atoms with E-state index in [1.54, 1.807) is 11.3 Å². The fraction of sp³-hybridized carbons (Fsp3) is 0.167. The van der Waals surface area contributed by atoms with Gasteiger partial charge in [0.1, 0.15) is 0 Å². The summed E-state index contributed by atoms with van der Waals surface area (Å²) in [7, 11) is 0. The predicted molar refractivity (Wildman–Crippen MR) is 71.3 cm³/mol. The monoisotopic (exact) mass is 281 g/mol. The van der Waals surface area contributed by atoms with Crippen molar-refractivity contribution >= 4 is 33.0 Å². The van der Waals surface area contributed by atoms with Crippen LogP contribution < -0.4 is 5.73 Å². The number of nitrogen functional groups attached to an aromatic ring is 1. The summed E-state index contributed by atoms with van der Waals surface area (Å²) >= 11 is 5.23. The van der Waals surface area contributed by atoms with Gasteiger partial charge in [0.05, 0.1) is 3.79 Å². The average molecular weight is 282 g/mol. The summed E-state index contributed by atoms with van der Waals surface area (Å²) in [6.07, 6.45) is 0. The van der Waals surface area contributed by atoms with Crippen LogP contribution in [0.2, 0.25) is 0 Å². The maximum Gasteiger partial charge on any atom is 0.0705 e. The van der Waals surface area contributed by atoms with Crippen LogP contribution in [0, 0.1) is 13.8 Å². The molecular weight excluding hydrogens is 270 g/mol. The molecule has 0 bridgehead atoms. The standard InChI is InChI=1S/C12H12BrNS/c1-7-6-10(14)8(2)5-9(7)11-3-4-12(13)15-11/h3-6H,14H2,1-2H3. The summed E-state index contributed by atoms with van der Waals surface area (Å²) in [6.45, 7) is 4.14. The fourth-order valence-corrected chi connectivity index (χ4v) is 3.03. The third-order valence-electron chi connectivity index (χ3n) is 2.45. The lowest BCUT2D eigenvalue weighted by molar-refractivity contribution is 1.40. The minimum absolute atomic E-state index is 0.867. The SMILES string of the molecule is Cc1cc(-c2ccc(Br)s2)c(C)cc1N. The van der Waals surface area contributed by atoms with E-state index >= 15 is 0 Å². The van der Waals surface area contributed by atoms with Crippen molar-refractivity contribution in [2.24, 2.45) is 0 Å². The van der Waals surface area contributed by atoms with Crippen molar-refractivity contribution < 1.29 is 0 Å².